The van der Waals surface area contributed by atoms with Gasteiger partial charge in [0.15, 0.2) is 0 Å². The minimum absolute atomic E-state index is 0.135. The molecule has 1 N–H and O–H groups in total. The predicted octanol–water partition coefficient (Wildman–Crippen LogP) is 3.01. The van der Waals surface area contributed by atoms with E-state index in [0.717, 1.165) is 19.6 Å². The van der Waals surface area contributed by atoms with Crippen LogP contribution in [0.2, 0.25) is 5.02 Å². The van der Waals surface area contributed by atoms with E-state index in [1.807, 2.05) is 18.2 Å². The second-order valence-electron chi connectivity index (χ2n) is 6.38. The van der Waals surface area contributed by atoms with Gasteiger partial charge in [-0.25, -0.2) is 0 Å². The van der Waals surface area contributed by atoms with E-state index in [4.69, 9.17) is 11.6 Å². The maximum Gasteiger partial charge on any atom is 0.233 e. The number of benzene rings is 2. The second-order valence-corrected chi connectivity index (χ2v) is 6.81. The average molecular weight is 372 g/mol. The Bertz CT molecular complexity index is 759. The van der Waals surface area contributed by atoms with Gasteiger partial charge in [0.1, 0.15) is 6.42 Å². The second kappa shape index (κ2) is 8.83. The number of carbonyl (C=O) groups is 2. The summed E-state index contributed by atoms with van der Waals surface area (Å²) in [5.41, 5.74) is 1.87. The van der Waals surface area contributed by atoms with Gasteiger partial charge in [0.25, 0.3) is 0 Å². The standard InChI is InChI=1S/C20H22ClN3O2/c21-17-7-4-8-18(13-17)22-19(25)14-20(26)24-11-9-23(10-12-24)15-16-5-2-1-3-6-16/h1-8,13H,9-12,14-15H2,(H,22,25). The zero-order valence-corrected chi connectivity index (χ0v) is 15.3. The van der Waals surface area contributed by atoms with Crippen molar-refractivity contribution in [3.63, 3.8) is 0 Å². The minimum Gasteiger partial charge on any atom is -0.340 e. The summed E-state index contributed by atoms with van der Waals surface area (Å²) in [6.07, 6.45) is -0.148. The van der Waals surface area contributed by atoms with Crippen molar-refractivity contribution in [2.75, 3.05) is 31.5 Å². The highest BCUT2D eigenvalue weighted by molar-refractivity contribution is 6.30. The molecule has 3 rings (SSSR count). The molecule has 0 spiro atoms. The van der Waals surface area contributed by atoms with Gasteiger partial charge in [0, 0.05) is 43.4 Å². The first-order valence-corrected chi connectivity index (χ1v) is 9.07. The summed E-state index contributed by atoms with van der Waals surface area (Å²) < 4.78 is 0. The lowest BCUT2D eigenvalue weighted by atomic mass is 10.2. The molecule has 1 aliphatic rings. The molecular formula is C20H22ClN3O2. The van der Waals surface area contributed by atoms with Crippen molar-refractivity contribution in [3.8, 4) is 0 Å². The number of halogens is 1. The smallest absolute Gasteiger partial charge is 0.233 e. The SMILES string of the molecule is O=C(CC(=O)N1CCN(Cc2ccccc2)CC1)Nc1cccc(Cl)c1. The summed E-state index contributed by atoms with van der Waals surface area (Å²) in [5, 5.41) is 3.26. The van der Waals surface area contributed by atoms with Gasteiger partial charge >= 0.3 is 0 Å². The largest absolute Gasteiger partial charge is 0.340 e. The highest BCUT2D eigenvalue weighted by atomic mass is 35.5. The maximum atomic E-state index is 12.4. The third-order valence-corrected chi connectivity index (χ3v) is 4.63. The summed E-state index contributed by atoms with van der Waals surface area (Å²) in [6.45, 7) is 3.82. The Morgan fingerprint density at radius 1 is 0.962 bits per heavy atom. The minimum atomic E-state index is -0.316. The van der Waals surface area contributed by atoms with Crippen molar-refractivity contribution in [2.45, 2.75) is 13.0 Å². The number of nitrogens with one attached hydrogen (secondary N) is 1. The first-order chi connectivity index (χ1) is 12.6. The molecule has 0 aliphatic carbocycles. The molecule has 26 heavy (non-hydrogen) atoms. The molecule has 0 unspecified atom stereocenters. The molecule has 1 aliphatic heterocycles. The predicted molar refractivity (Wildman–Crippen MR) is 103 cm³/mol. The van der Waals surface area contributed by atoms with Gasteiger partial charge in [-0.3, -0.25) is 14.5 Å². The van der Waals surface area contributed by atoms with Gasteiger partial charge in [-0.2, -0.15) is 0 Å². The van der Waals surface area contributed by atoms with Crippen LogP contribution in [0.1, 0.15) is 12.0 Å². The van der Waals surface area contributed by atoms with E-state index in [9.17, 15) is 9.59 Å². The number of amides is 2. The molecule has 6 heteroatoms. The van der Waals surface area contributed by atoms with E-state index < -0.39 is 0 Å². The van der Waals surface area contributed by atoms with Gasteiger partial charge in [-0.15, -0.1) is 0 Å². The van der Waals surface area contributed by atoms with Crippen LogP contribution in [0.3, 0.4) is 0 Å². The van der Waals surface area contributed by atoms with Crippen molar-refractivity contribution >= 4 is 29.1 Å². The van der Waals surface area contributed by atoms with E-state index in [-0.39, 0.29) is 18.2 Å². The van der Waals surface area contributed by atoms with Crippen molar-refractivity contribution in [1.82, 2.24) is 9.80 Å². The lowest BCUT2D eigenvalue weighted by Crippen LogP contribution is -2.48. The van der Waals surface area contributed by atoms with E-state index in [1.165, 1.54) is 5.56 Å². The lowest BCUT2D eigenvalue weighted by Gasteiger charge is -2.34. The number of hydrogen-bond donors (Lipinski definition) is 1. The fourth-order valence-electron chi connectivity index (χ4n) is 3.02. The molecule has 0 aromatic heterocycles. The monoisotopic (exact) mass is 371 g/mol. The molecule has 0 bridgehead atoms. The number of piperazine rings is 1. The number of anilines is 1. The van der Waals surface area contributed by atoms with Crippen LogP contribution in [-0.4, -0.2) is 47.8 Å². The third-order valence-electron chi connectivity index (χ3n) is 4.39. The van der Waals surface area contributed by atoms with Gasteiger partial charge in [0.05, 0.1) is 0 Å². The Morgan fingerprint density at radius 2 is 1.69 bits per heavy atom. The van der Waals surface area contributed by atoms with Crippen LogP contribution in [0.15, 0.2) is 54.6 Å². The fourth-order valence-corrected chi connectivity index (χ4v) is 3.21. The van der Waals surface area contributed by atoms with E-state index >= 15 is 0 Å². The number of nitrogens with zero attached hydrogens (tertiary/aromatic N) is 2. The van der Waals surface area contributed by atoms with Crippen LogP contribution in [0, 0.1) is 0 Å². The summed E-state index contributed by atoms with van der Waals surface area (Å²) in [4.78, 5) is 28.5. The van der Waals surface area contributed by atoms with E-state index in [0.29, 0.717) is 23.8 Å². The first-order valence-electron chi connectivity index (χ1n) is 8.69. The molecule has 1 saturated heterocycles. The maximum absolute atomic E-state index is 12.4. The first kappa shape index (κ1) is 18.4. The number of carbonyl (C=O) groups excluding carboxylic acids is 2. The Balaban J connectivity index is 1.44. The Labute approximate surface area is 158 Å². The molecule has 2 aromatic carbocycles. The normalized spacial score (nSPS) is 14.9. The van der Waals surface area contributed by atoms with Crippen LogP contribution in [0.4, 0.5) is 5.69 Å². The van der Waals surface area contributed by atoms with Crippen LogP contribution in [-0.2, 0) is 16.1 Å². The van der Waals surface area contributed by atoms with E-state index in [2.05, 4.69) is 22.3 Å². The highest BCUT2D eigenvalue weighted by Gasteiger charge is 2.22. The van der Waals surface area contributed by atoms with Crippen molar-refractivity contribution in [3.05, 3.63) is 65.2 Å². The summed E-state index contributed by atoms with van der Waals surface area (Å²) in [7, 11) is 0. The summed E-state index contributed by atoms with van der Waals surface area (Å²) in [5.74, 6) is -0.451. The summed E-state index contributed by atoms with van der Waals surface area (Å²) in [6, 6.07) is 17.2. The number of rotatable bonds is 5. The highest BCUT2D eigenvalue weighted by Crippen LogP contribution is 2.15. The molecule has 1 fully saturated rings. The average Bonchev–Trinajstić information content (AvgIpc) is 2.63. The van der Waals surface area contributed by atoms with Crippen LogP contribution < -0.4 is 5.32 Å². The number of hydrogen-bond acceptors (Lipinski definition) is 3. The molecule has 2 aromatic rings. The zero-order valence-electron chi connectivity index (χ0n) is 14.5. The van der Waals surface area contributed by atoms with Gasteiger partial charge in [-0.1, -0.05) is 48.0 Å². The van der Waals surface area contributed by atoms with Gasteiger partial charge in [0.2, 0.25) is 11.8 Å². The Kier molecular flexibility index (Phi) is 6.26. The van der Waals surface area contributed by atoms with Crippen LogP contribution >= 0.6 is 11.6 Å². The third kappa shape index (κ3) is 5.31. The zero-order chi connectivity index (χ0) is 18.4. The topological polar surface area (TPSA) is 52.7 Å². The van der Waals surface area contributed by atoms with E-state index in [1.54, 1.807) is 29.2 Å². The molecule has 2 amide bonds. The lowest BCUT2D eigenvalue weighted by molar-refractivity contribution is -0.136. The Morgan fingerprint density at radius 3 is 2.38 bits per heavy atom. The molecule has 0 atom stereocenters. The van der Waals surface area contributed by atoms with Crippen molar-refractivity contribution in [2.24, 2.45) is 0 Å². The van der Waals surface area contributed by atoms with Crippen LogP contribution in [0.25, 0.3) is 0 Å². The Hall–Kier alpha value is -2.37. The summed E-state index contributed by atoms with van der Waals surface area (Å²) >= 11 is 5.90. The molecule has 0 radical (unpaired) electrons. The molecule has 0 saturated carbocycles. The van der Waals surface area contributed by atoms with Crippen molar-refractivity contribution < 1.29 is 9.59 Å². The quantitative estimate of drug-likeness (QED) is 0.822. The van der Waals surface area contributed by atoms with Crippen LogP contribution in [0.5, 0.6) is 0 Å². The molecular weight excluding hydrogens is 350 g/mol. The molecule has 1 heterocycles. The fraction of sp³-hybridized carbons (Fsp3) is 0.300. The molecule has 5 nitrogen and oxygen atoms in total. The van der Waals surface area contributed by atoms with Gasteiger partial charge < -0.3 is 10.2 Å². The van der Waals surface area contributed by atoms with Gasteiger partial charge in [-0.05, 0) is 23.8 Å². The van der Waals surface area contributed by atoms with Crippen molar-refractivity contribution in [1.29, 1.82) is 0 Å². The molecule has 136 valence electrons.